The Morgan fingerprint density at radius 1 is 1.39 bits per heavy atom. The van der Waals surface area contributed by atoms with E-state index in [9.17, 15) is 14.4 Å². The van der Waals surface area contributed by atoms with Crippen LogP contribution in [0.15, 0.2) is 18.2 Å². The van der Waals surface area contributed by atoms with E-state index in [0.29, 0.717) is 6.54 Å². The Kier molecular flexibility index (Phi) is 3.71. The van der Waals surface area contributed by atoms with E-state index in [0.717, 1.165) is 23.3 Å². The summed E-state index contributed by atoms with van der Waals surface area (Å²) in [6, 6.07) is 4.49. The third kappa shape index (κ3) is 3.44. The molecule has 2 heterocycles. The van der Waals surface area contributed by atoms with Crippen LogP contribution in [0.4, 0.5) is 4.79 Å². The molecule has 122 valence electrons. The second-order valence-electron chi connectivity index (χ2n) is 6.48. The zero-order chi connectivity index (χ0) is 16.6. The predicted molar refractivity (Wildman–Crippen MR) is 81.8 cm³/mol. The molecule has 23 heavy (non-hydrogen) atoms. The van der Waals surface area contributed by atoms with Crippen LogP contribution in [-0.4, -0.2) is 29.5 Å². The summed E-state index contributed by atoms with van der Waals surface area (Å²) in [5.74, 6) is 0.127. The van der Waals surface area contributed by atoms with E-state index >= 15 is 0 Å². The summed E-state index contributed by atoms with van der Waals surface area (Å²) in [7, 11) is 0. The molecule has 1 fully saturated rings. The lowest BCUT2D eigenvalue weighted by Crippen LogP contribution is -2.36. The molecule has 1 aromatic carbocycles. The van der Waals surface area contributed by atoms with E-state index in [-0.39, 0.29) is 17.9 Å². The third-order valence-electron chi connectivity index (χ3n) is 3.87. The van der Waals surface area contributed by atoms with Crippen LogP contribution in [0.25, 0.3) is 0 Å². The first-order valence-electron chi connectivity index (χ1n) is 7.51. The quantitative estimate of drug-likeness (QED) is 0.709. The maximum atomic E-state index is 11.9. The molecule has 4 amide bonds. The van der Waals surface area contributed by atoms with Crippen molar-refractivity contribution in [1.82, 2.24) is 16.0 Å². The van der Waals surface area contributed by atoms with E-state index < -0.39 is 18.0 Å². The molecule has 1 unspecified atom stereocenters. The van der Waals surface area contributed by atoms with Gasteiger partial charge < -0.3 is 15.4 Å². The summed E-state index contributed by atoms with van der Waals surface area (Å²) >= 11 is 0. The third-order valence-corrected chi connectivity index (χ3v) is 3.87. The largest absolute Gasteiger partial charge is 0.487 e. The van der Waals surface area contributed by atoms with E-state index in [1.165, 1.54) is 0 Å². The number of fused-ring (bicyclic) bond motifs is 1. The molecular weight excluding hydrogens is 298 g/mol. The zero-order valence-corrected chi connectivity index (χ0v) is 13.1. The predicted octanol–water partition coefficient (Wildman–Crippen LogP) is 0.614. The molecule has 7 heteroatoms. The van der Waals surface area contributed by atoms with Crippen LogP contribution < -0.4 is 20.7 Å². The number of hydrogen-bond acceptors (Lipinski definition) is 4. The summed E-state index contributed by atoms with van der Waals surface area (Å²) in [5, 5.41) is 7.26. The fourth-order valence-corrected chi connectivity index (χ4v) is 2.83. The molecule has 0 saturated carbocycles. The minimum absolute atomic E-state index is 0.0708. The van der Waals surface area contributed by atoms with Gasteiger partial charge in [0.2, 0.25) is 5.91 Å². The fourth-order valence-electron chi connectivity index (χ4n) is 2.83. The maximum Gasteiger partial charge on any atom is 0.322 e. The van der Waals surface area contributed by atoms with Crippen LogP contribution >= 0.6 is 0 Å². The molecule has 0 aromatic heterocycles. The van der Waals surface area contributed by atoms with Gasteiger partial charge >= 0.3 is 6.03 Å². The Balaban J connectivity index is 1.54. The minimum atomic E-state index is -0.795. The van der Waals surface area contributed by atoms with Gasteiger partial charge in [-0.1, -0.05) is 12.1 Å². The Hall–Kier alpha value is -2.57. The molecular formula is C16H19N3O4. The van der Waals surface area contributed by atoms with Crippen LogP contribution in [-0.2, 0) is 22.6 Å². The van der Waals surface area contributed by atoms with Crippen molar-refractivity contribution in [3.05, 3.63) is 29.3 Å². The lowest BCUT2D eigenvalue weighted by atomic mass is 10.0. The highest BCUT2D eigenvalue weighted by molar-refractivity contribution is 6.05. The Labute approximate surface area is 133 Å². The molecule has 0 radical (unpaired) electrons. The van der Waals surface area contributed by atoms with Gasteiger partial charge in [0.15, 0.2) is 0 Å². The smallest absolute Gasteiger partial charge is 0.322 e. The van der Waals surface area contributed by atoms with Crippen molar-refractivity contribution in [2.24, 2.45) is 0 Å². The van der Waals surface area contributed by atoms with Crippen LogP contribution in [0.3, 0.4) is 0 Å². The van der Waals surface area contributed by atoms with Crippen molar-refractivity contribution in [3.63, 3.8) is 0 Å². The Bertz CT molecular complexity index is 684. The first-order valence-corrected chi connectivity index (χ1v) is 7.51. The normalized spacial score (nSPS) is 21.2. The summed E-state index contributed by atoms with van der Waals surface area (Å²) in [4.78, 5) is 34.3. The summed E-state index contributed by atoms with van der Waals surface area (Å²) in [6.07, 6.45) is 0.761. The number of carbonyl (C=O) groups excluding carboxylic acids is 3. The van der Waals surface area contributed by atoms with Gasteiger partial charge in [-0.15, -0.1) is 0 Å². The van der Waals surface area contributed by atoms with Gasteiger partial charge in [0.1, 0.15) is 17.4 Å². The van der Waals surface area contributed by atoms with Gasteiger partial charge in [-0.25, -0.2) is 4.79 Å². The van der Waals surface area contributed by atoms with Crippen molar-refractivity contribution in [2.75, 3.05) is 0 Å². The Morgan fingerprint density at radius 2 is 2.17 bits per heavy atom. The lowest BCUT2D eigenvalue weighted by Gasteiger charge is -2.16. The number of rotatable bonds is 4. The van der Waals surface area contributed by atoms with Crippen molar-refractivity contribution < 1.29 is 19.1 Å². The highest BCUT2D eigenvalue weighted by atomic mass is 16.5. The number of benzene rings is 1. The number of nitrogens with one attached hydrogen (secondary N) is 3. The number of urea groups is 1. The van der Waals surface area contributed by atoms with Crippen molar-refractivity contribution in [3.8, 4) is 5.75 Å². The van der Waals surface area contributed by atoms with E-state index in [4.69, 9.17) is 4.74 Å². The molecule has 0 aliphatic carbocycles. The minimum Gasteiger partial charge on any atom is -0.487 e. The molecule has 7 nitrogen and oxygen atoms in total. The average Bonchev–Trinajstić information content (AvgIpc) is 2.93. The summed E-state index contributed by atoms with van der Waals surface area (Å²) in [5.41, 5.74) is 1.90. The molecule has 0 spiro atoms. The molecule has 2 aliphatic rings. The molecule has 1 atom stereocenters. The lowest BCUT2D eigenvalue weighted by molar-refractivity contribution is -0.126. The van der Waals surface area contributed by atoms with Gasteiger partial charge in [0.05, 0.1) is 6.42 Å². The topological polar surface area (TPSA) is 96.5 Å². The first kappa shape index (κ1) is 15.3. The number of amides is 4. The monoisotopic (exact) mass is 317 g/mol. The summed E-state index contributed by atoms with van der Waals surface area (Å²) in [6.45, 7) is 4.44. The second kappa shape index (κ2) is 5.57. The van der Waals surface area contributed by atoms with Crippen molar-refractivity contribution in [1.29, 1.82) is 0 Å². The molecule has 3 rings (SSSR count). The molecule has 1 aromatic rings. The fraction of sp³-hybridized carbons (Fsp3) is 0.438. The highest BCUT2D eigenvalue weighted by Gasteiger charge is 2.31. The number of hydrogen-bond donors (Lipinski definition) is 3. The van der Waals surface area contributed by atoms with Gasteiger partial charge in [-0.05, 0) is 31.0 Å². The van der Waals surface area contributed by atoms with Gasteiger partial charge in [-0.2, -0.15) is 0 Å². The number of carbonyl (C=O) groups is 3. The average molecular weight is 317 g/mol. The van der Waals surface area contributed by atoms with Crippen LogP contribution in [0.2, 0.25) is 0 Å². The van der Waals surface area contributed by atoms with Crippen molar-refractivity contribution >= 4 is 17.8 Å². The maximum absolute atomic E-state index is 11.9. The molecule has 2 aliphatic heterocycles. The van der Waals surface area contributed by atoms with E-state index in [2.05, 4.69) is 16.0 Å². The number of ether oxygens (including phenoxy) is 1. The van der Waals surface area contributed by atoms with Gasteiger partial charge in [0, 0.05) is 13.0 Å². The van der Waals surface area contributed by atoms with E-state index in [1.807, 2.05) is 32.0 Å². The molecule has 0 bridgehead atoms. The van der Waals surface area contributed by atoms with Crippen LogP contribution in [0.1, 0.15) is 31.4 Å². The zero-order valence-electron chi connectivity index (χ0n) is 13.1. The first-order chi connectivity index (χ1) is 10.8. The van der Waals surface area contributed by atoms with Gasteiger partial charge in [0.25, 0.3) is 5.91 Å². The van der Waals surface area contributed by atoms with E-state index in [1.54, 1.807) is 0 Å². The van der Waals surface area contributed by atoms with Gasteiger partial charge in [-0.3, -0.25) is 14.9 Å². The van der Waals surface area contributed by atoms with Crippen molar-refractivity contribution in [2.45, 2.75) is 44.9 Å². The highest BCUT2D eigenvalue weighted by Crippen LogP contribution is 2.35. The van der Waals surface area contributed by atoms with Crippen LogP contribution in [0.5, 0.6) is 5.75 Å². The molecule has 1 saturated heterocycles. The molecule has 3 N–H and O–H groups in total. The second-order valence-corrected chi connectivity index (χ2v) is 6.48. The van der Waals surface area contributed by atoms with Crippen LogP contribution in [0, 0.1) is 0 Å². The standard InChI is InChI=1S/C16H19N3O4/c1-16(2)7-10-5-9(3-4-12(10)23-16)8-17-13(20)6-11-14(21)19-15(22)18-11/h3-5,11H,6-8H2,1-2H3,(H,17,20)(H2,18,19,21,22). The Morgan fingerprint density at radius 3 is 2.87 bits per heavy atom. The summed E-state index contributed by atoms with van der Waals surface area (Å²) < 4.78 is 5.81. The number of imide groups is 1. The SMILES string of the molecule is CC1(C)Cc2cc(CNC(=O)CC3NC(=O)NC3=O)ccc2O1.